The van der Waals surface area contributed by atoms with Gasteiger partial charge in [-0.2, -0.15) is 0 Å². The number of hydrogen-bond donors (Lipinski definition) is 2. The van der Waals surface area contributed by atoms with Crippen molar-refractivity contribution in [2.24, 2.45) is 0 Å². The van der Waals surface area contributed by atoms with Crippen LogP contribution in [0.25, 0.3) is 0 Å². The Kier molecular flexibility index (Phi) is 5.85. The molecule has 0 saturated carbocycles. The summed E-state index contributed by atoms with van der Waals surface area (Å²) in [6, 6.07) is 3.28. The first-order valence-corrected chi connectivity index (χ1v) is 6.29. The van der Waals surface area contributed by atoms with E-state index < -0.39 is 0 Å². The third-order valence-electron chi connectivity index (χ3n) is 1.93. The molecule has 6 nitrogen and oxygen atoms in total. The first-order chi connectivity index (χ1) is 8.13. The maximum Gasteiger partial charge on any atom is 0.324 e. The molecule has 0 aromatic carbocycles. The summed E-state index contributed by atoms with van der Waals surface area (Å²) in [7, 11) is 3.48. The number of aromatic nitrogens is 2. The van der Waals surface area contributed by atoms with Crippen molar-refractivity contribution >= 4 is 35.4 Å². The fourth-order valence-corrected chi connectivity index (χ4v) is 1.78. The van der Waals surface area contributed by atoms with Crippen LogP contribution in [0.3, 0.4) is 0 Å². The minimum Gasteiger partial charge on any atom is -0.357 e. The normalized spacial score (nSPS) is 9.82. The molecule has 0 unspecified atom stereocenters. The molecular formula is C9H14ClN5OS. The molecule has 0 spiro atoms. The first kappa shape index (κ1) is 13.9. The molecule has 2 N–H and O–H groups in total. The molecule has 0 radical (unpaired) electrons. The molecule has 94 valence electrons. The number of nitrogens with one attached hydrogen (secondary N) is 2. The van der Waals surface area contributed by atoms with Crippen molar-refractivity contribution < 1.29 is 4.79 Å². The molecule has 0 fully saturated rings. The van der Waals surface area contributed by atoms with E-state index in [1.807, 2.05) is 11.9 Å². The van der Waals surface area contributed by atoms with Gasteiger partial charge in [0.15, 0.2) is 11.0 Å². The summed E-state index contributed by atoms with van der Waals surface area (Å²) >= 11 is 6.98. The van der Waals surface area contributed by atoms with Gasteiger partial charge in [-0.05, 0) is 24.1 Å². The molecular weight excluding hydrogens is 262 g/mol. The molecule has 0 saturated heterocycles. The van der Waals surface area contributed by atoms with Crippen LogP contribution in [0.15, 0.2) is 12.1 Å². The van der Waals surface area contributed by atoms with Crippen LogP contribution in [-0.2, 0) is 0 Å². The minimum atomic E-state index is -0.205. The molecule has 8 heteroatoms. The van der Waals surface area contributed by atoms with E-state index in [2.05, 4.69) is 20.2 Å². The van der Waals surface area contributed by atoms with Gasteiger partial charge >= 0.3 is 6.03 Å². The minimum absolute atomic E-state index is 0.205. The van der Waals surface area contributed by atoms with Crippen molar-refractivity contribution in [3.8, 4) is 0 Å². The highest BCUT2D eigenvalue weighted by Gasteiger charge is 2.03. The average Bonchev–Trinajstić information content (AvgIpc) is 2.34. The van der Waals surface area contributed by atoms with Crippen molar-refractivity contribution in [3.63, 3.8) is 0 Å². The van der Waals surface area contributed by atoms with Gasteiger partial charge in [-0.1, -0.05) is 11.6 Å². The fraction of sp³-hybridized carbons (Fsp3) is 0.444. The molecule has 0 bridgehead atoms. The topological polar surface area (TPSA) is 70.2 Å². The standard InChI is InChI=1S/C9H14ClN5OS/c1-11-9(16)14-17-6-5-15(2)8-4-3-7(10)12-13-8/h3-4H,5-6H2,1-2H3,(H2,11,14,16). The van der Waals surface area contributed by atoms with E-state index in [0.717, 1.165) is 18.1 Å². The van der Waals surface area contributed by atoms with Gasteiger partial charge in [-0.25, -0.2) is 4.79 Å². The summed E-state index contributed by atoms with van der Waals surface area (Å²) in [5, 5.41) is 10.5. The van der Waals surface area contributed by atoms with E-state index in [-0.39, 0.29) is 6.03 Å². The van der Waals surface area contributed by atoms with E-state index in [4.69, 9.17) is 11.6 Å². The Morgan fingerprint density at radius 2 is 2.29 bits per heavy atom. The summed E-state index contributed by atoms with van der Waals surface area (Å²) in [5.74, 6) is 1.49. The van der Waals surface area contributed by atoms with Gasteiger partial charge in [-0.3, -0.25) is 4.72 Å². The van der Waals surface area contributed by atoms with Crippen LogP contribution in [0.5, 0.6) is 0 Å². The second-order valence-electron chi connectivity index (χ2n) is 3.17. The van der Waals surface area contributed by atoms with Crippen LogP contribution in [0.2, 0.25) is 5.15 Å². The maximum absolute atomic E-state index is 10.9. The van der Waals surface area contributed by atoms with Crippen molar-refractivity contribution in [1.29, 1.82) is 0 Å². The lowest BCUT2D eigenvalue weighted by molar-refractivity contribution is 0.248. The third-order valence-corrected chi connectivity index (χ3v) is 2.85. The highest BCUT2D eigenvalue weighted by molar-refractivity contribution is 7.97. The SMILES string of the molecule is CNC(=O)NSCCN(C)c1ccc(Cl)nn1. The molecule has 0 atom stereocenters. The number of rotatable bonds is 5. The molecule has 1 aromatic rings. The lowest BCUT2D eigenvalue weighted by atomic mass is 10.5. The van der Waals surface area contributed by atoms with Gasteiger partial charge in [0.05, 0.1) is 0 Å². The number of halogens is 1. The predicted octanol–water partition coefficient (Wildman–Crippen LogP) is 1.14. The molecule has 1 rings (SSSR count). The average molecular weight is 276 g/mol. The Hall–Kier alpha value is -1.21. The molecule has 2 amide bonds. The van der Waals surface area contributed by atoms with Gasteiger partial charge in [-0.15, -0.1) is 10.2 Å². The predicted molar refractivity (Wildman–Crippen MR) is 70.4 cm³/mol. The molecule has 1 aromatic heterocycles. The Balaban J connectivity index is 2.27. The zero-order valence-corrected chi connectivity index (χ0v) is 11.2. The summed E-state index contributed by atoms with van der Waals surface area (Å²) in [6.07, 6.45) is 0. The molecule has 0 aliphatic carbocycles. The van der Waals surface area contributed by atoms with Crippen molar-refractivity contribution in [2.45, 2.75) is 0 Å². The Morgan fingerprint density at radius 1 is 1.53 bits per heavy atom. The van der Waals surface area contributed by atoms with Crippen LogP contribution >= 0.6 is 23.5 Å². The van der Waals surface area contributed by atoms with Crippen molar-refractivity contribution in [3.05, 3.63) is 17.3 Å². The summed E-state index contributed by atoms with van der Waals surface area (Å²) < 4.78 is 2.63. The van der Waals surface area contributed by atoms with E-state index in [9.17, 15) is 4.79 Å². The van der Waals surface area contributed by atoms with E-state index >= 15 is 0 Å². The summed E-state index contributed by atoms with van der Waals surface area (Å²) in [5.41, 5.74) is 0. The van der Waals surface area contributed by atoms with E-state index in [0.29, 0.717) is 5.15 Å². The second kappa shape index (κ2) is 7.18. The van der Waals surface area contributed by atoms with Gasteiger partial charge in [0, 0.05) is 26.4 Å². The number of nitrogens with zero attached hydrogens (tertiary/aromatic N) is 3. The zero-order chi connectivity index (χ0) is 12.7. The lowest BCUT2D eigenvalue weighted by Crippen LogP contribution is -2.29. The summed E-state index contributed by atoms with van der Waals surface area (Å²) in [6.45, 7) is 0.741. The molecule has 0 aliphatic rings. The van der Waals surface area contributed by atoms with Crippen molar-refractivity contribution in [1.82, 2.24) is 20.2 Å². The van der Waals surface area contributed by atoms with Crippen LogP contribution < -0.4 is 14.9 Å². The van der Waals surface area contributed by atoms with Gasteiger partial charge in [0.2, 0.25) is 0 Å². The largest absolute Gasteiger partial charge is 0.357 e. The first-order valence-electron chi connectivity index (χ1n) is 4.93. The fourth-order valence-electron chi connectivity index (χ4n) is 0.977. The zero-order valence-electron chi connectivity index (χ0n) is 9.61. The maximum atomic E-state index is 10.9. The number of carbonyl (C=O) groups is 1. The van der Waals surface area contributed by atoms with Crippen LogP contribution in [-0.4, -0.2) is 42.6 Å². The highest BCUT2D eigenvalue weighted by Crippen LogP contribution is 2.10. The van der Waals surface area contributed by atoms with Crippen LogP contribution in [0.1, 0.15) is 0 Å². The number of amides is 2. The third kappa shape index (κ3) is 5.10. The smallest absolute Gasteiger partial charge is 0.324 e. The lowest BCUT2D eigenvalue weighted by Gasteiger charge is -2.16. The van der Waals surface area contributed by atoms with Gasteiger partial charge < -0.3 is 10.2 Å². The molecule has 0 aliphatic heterocycles. The quantitative estimate of drug-likeness (QED) is 0.623. The highest BCUT2D eigenvalue weighted by atomic mass is 35.5. The Bertz CT molecular complexity index is 361. The summed E-state index contributed by atoms with van der Waals surface area (Å²) in [4.78, 5) is 12.8. The van der Waals surface area contributed by atoms with E-state index in [1.54, 1.807) is 19.2 Å². The van der Waals surface area contributed by atoms with Crippen LogP contribution in [0.4, 0.5) is 10.6 Å². The monoisotopic (exact) mass is 275 g/mol. The number of carbonyl (C=O) groups excluding carboxylic acids is 1. The second-order valence-corrected chi connectivity index (χ2v) is 4.45. The molecule has 17 heavy (non-hydrogen) atoms. The Labute approximate surface area is 109 Å². The number of urea groups is 1. The van der Waals surface area contributed by atoms with Crippen LogP contribution in [0, 0.1) is 0 Å². The van der Waals surface area contributed by atoms with Gasteiger partial charge in [0.25, 0.3) is 0 Å². The van der Waals surface area contributed by atoms with Gasteiger partial charge in [0.1, 0.15) is 0 Å². The van der Waals surface area contributed by atoms with Crippen molar-refractivity contribution in [2.75, 3.05) is 31.3 Å². The number of anilines is 1. The number of hydrogen-bond acceptors (Lipinski definition) is 5. The molecule has 1 heterocycles. The Morgan fingerprint density at radius 3 is 2.88 bits per heavy atom. The van der Waals surface area contributed by atoms with E-state index in [1.165, 1.54) is 11.9 Å².